The summed E-state index contributed by atoms with van der Waals surface area (Å²) < 4.78 is 0. The smallest absolute Gasteiger partial charge is 0.315 e. The molecule has 21 heavy (non-hydrogen) atoms. The maximum atomic E-state index is 11.7. The maximum absolute atomic E-state index is 11.7. The minimum atomic E-state index is -0.711. The summed E-state index contributed by atoms with van der Waals surface area (Å²) in [5.41, 5.74) is 0. The second kappa shape index (κ2) is 9.92. The second-order valence-corrected chi connectivity index (χ2v) is 7.26. The van der Waals surface area contributed by atoms with Crippen molar-refractivity contribution in [1.29, 1.82) is 0 Å². The third-order valence-corrected chi connectivity index (χ3v) is 5.09. The van der Waals surface area contributed by atoms with E-state index in [4.69, 9.17) is 5.11 Å². The molecular formula is C15H28N2O3S. The number of nitrogens with one attached hydrogen (secondary N) is 2. The lowest BCUT2D eigenvalue weighted by Gasteiger charge is -2.26. The van der Waals surface area contributed by atoms with Gasteiger partial charge in [0.05, 0.1) is 5.92 Å². The number of carbonyl (C=O) groups excluding carboxylic acids is 1. The zero-order valence-corrected chi connectivity index (χ0v) is 13.9. The van der Waals surface area contributed by atoms with Crippen molar-refractivity contribution >= 4 is 23.8 Å². The molecule has 1 aliphatic carbocycles. The lowest BCUT2D eigenvalue weighted by atomic mass is 9.86. The van der Waals surface area contributed by atoms with Crippen molar-refractivity contribution in [2.45, 2.75) is 52.0 Å². The minimum Gasteiger partial charge on any atom is -0.481 e. The third-order valence-electron chi connectivity index (χ3n) is 3.61. The summed E-state index contributed by atoms with van der Waals surface area (Å²) in [5, 5.41) is 14.7. The van der Waals surface area contributed by atoms with E-state index >= 15 is 0 Å². The Balaban J connectivity index is 2.03. The molecule has 0 atom stereocenters. The SMILES string of the molecule is CC(C)CSCCCNC(=O)NC1CCC(C(=O)O)CC1. The van der Waals surface area contributed by atoms with Crippen LogP contribution in [-0.4, -0.2) is 41.2 Å². The molecule has 0 radical (unpaired) electrons. The number of rotatable bonds is 8. The van der Waals surface area contributed by atoms with Crippen molar-refractivity contribution in [3.05, 3.63) is 0 Å². The number of amides is 2. The largest absolute Gasteiger partial charge is 0.481 e. The predicted octanol–water partition coefficient (Wildman–Crippen LogP) is 2.71. The zero-order chi connectivity index (χ0) is 15.7. The van der Waals surface area contributed by atoms with Gasteiger partial charge in [0.15, 0.2) is 0 Å². The summed E-state index contributed by atoms with van der Waals surface area (Å²) >= 11 is 1.92. The number of thioether (sulfide) groups is 1. The zero-order valence-electron chi connectivity index (χ0n) is 13.1. The van der Waals surface area contributed by atoms with Crippen LogP contribution in [-0.2, 0) is 4.79 Å². The van der Waals surface area contributed by atoms with Gasteiger partial charge in [0.1, 0.15) is 0 Å². The van der Waals surface area contributed by atoms with Crippen LogP contribution >= 0.6 is 11.8 Å². The molecule has 1 fully saturated rings. The van der Waals surface area contributed by atoms with E-state index in [0.29, 0.717) is 25.3 Å². The van der Waals surface area contributed by atoms with Crippen LogP contribution in [0.2, 0.25) is 0 Å². The molecule has 0 spiro atoms. The molecule has 2 amide bonds. The monoisotopic (exact) mass is 316 g/mol. The van der Waals surface area contributed by atoms with Crippen LogP contribution in [0.3, 0.4) is 0 Å². The normalized spacial score (nSPS) is 22.0. The molecule has 1 aliphatic rings. The molecule has 0 aromatic heterocycles. The van der Waals surface area contributed by atoms with Crippen molar-refractivity contribution in [2.75, 3.05) is 18.1 Å². The van der Waals surface area contributed by atoms with Crippen LogP contribution in [0.5, 0.6) is 0 Å². The Morgan fingerprint density at radius 1 is 1.24 bits per heavy atom. The van der Waals surface area contributed by atoms with E-state index in [1.54, 1.807) is 0 Å². The predicted molar refractivity (Wildman–Crippen MR) is 86.7 cm³/mol. The first-order chi connectivity index (χ1) is 9.99. The topological polar surface area (TPSA) is 78.4 Å². The van der Waals surface area contributed by atoms with E-state index in [2.05, 4.69) is 24.5 Å². The Hall–Kier alpha value is -0.910. The summed E-state index contributed by atoms with van der Waals surface area (Å²) in [6, 6.07) is -0.00134. The highest BCUT2D eigenvalue weighted by Crippen LogP contribution is 2.24. The average molecular weight is 316 g/mol. The highest BCUT2D eigenvalue weighted by molar-refractivity contribution is 7.99. The van der Waals surface area contributed by atoms with Crippen molar-refractivity contribution < 1.29 is 14.7 Å². The molecule has 0 aliphatic heterocycles. The second-order valence-electron chi connectivity index (χ2n) is 6.11. The Bertz CT molecular complexity index is 329. The number of carboxylic acids is 1. The van der Waals surface area contributed by atoms with E-state index in [1.165, 1.54) is 5.75 Å². The molecule has 6 heteroatoms. The maximum Gasteiger partial charge on any atom is 0.315 e. The van der Waals surface area contributed by atoms with Gasteiger partial charge in [0.25, 0.3) is 0 Å². The summed E-state index contributed by atoms with van der Waals surface area (Å²) in [4.78, 5) is 22.6. The van der Waals surface area contributed by atoms with Gasteiger partial charge >= 0.3 is 12.0 Å². The summed E-state index contributed by atoms with van der Waals surface area (Å²) in [6.45, 7) is 5.11. The lowest BCUT2D eigenvalue weighted by molar-refractivity contribution is -0.142. The first kappa shape index (κ1) is 18.1. The molecule has 1 saturated carbocycles. The average Bonchev–Trinajstić information content (AvgIpc) is 2.43. The molecule has 1 rings (SSSR count). The molecule has 122 valence electrons. The molecule has 0 bridgehead atoms. The molecule has 3 N–H and O–H groups in total. The van der Waals surface area contributed by atoms with Crippen molar-refractivity contribution in [1.82, 2.24) is 10.6 Å². The highest BCUT2D eigenvalue weighted by atomic mass is 32.2. The number of carbonyl (C=O) groups is 2. The fourth-order valence-electron chi connectivity index (χ4n) is 2.42. The van der Waals surface area contributed by atoms with Gasteiger partial charge in [-0.3, -0.25) is 4.79 Å². The Kier molecular flexibility index (Phi) is 8.57. The van der Waals surface area contributed by atoms with Gasteiger partial charge in [-0.05, 0) is 49.5 Å². The third kappa shape index (κ3) is 8.19. The standard InChI is InChI=1S/C15H28N2O3S/c1-11(2)10-21-9-3-8-16-15(20)17-13-6-4-12(5-7-13)14(18)19/h11-13H,3-10H2,1-2H3,(H,18,19)(H2,16,17,20). The molecule has 0 unspecified atom stereocenters. The van der Waals surface area contributed by atoms with Gasteiger partial charge in [-0.25, -0.2) is 4.79 Å². The molecular weight excluding hydrogens is 288 g/mol. The molecule has 0 saturated heterocycles. The van der Waals surface area contributed by atoms with Gasteiger partial charge in [-0.2, -0.15) is 11.8 Å². The van der Waals surface area contributed by atoms with Gasteiger partial charge < -0.3 is 15.7 Å². The van der Waals surface area contributed by atoms with Crippen LogP contribution in [0.15, 0.2) is 0 Å². The van der Waals surface area contributed by atoms with Crippen LogP contribution in [0.1, 0.15) is 46.0 Å². The number of carboxylic acid groups (broad SMARTS) is 1. The van der Waals surface area contributed by atoms with Crippen LogP contribution < -0.4 is 10.6 Å². The summed E-state index contributed by atoms with van der Waals surface area (Å²) in [5.74, 6) is 2.01. The lowest BCUT2D eigenvalue weighted by Crippen LogP contribution is -2.44. The van der Waals surface area contributed by atoms with E-state index in [9.17, 15) is 9.59 Å². The van der Waals surface area contributed by atoms with E-state index in [-0.39, 0.29) is 18.0 Å². The Morgan fingerprint density at radius 2 is 1.90 bits per heavy atom. The van der Waals surface area contributed by atoms with Crippen LogP contribution in [0.25, 0.3) is 0 Å². The van der Waals surface area contributed by atoms with Gasteiger partial charge in [0.2, 0.25) is 0 Å². The van der Waals surface area contributed by atoms with Crippen molar-refractivity contribution in [3.63, 3.8) is 0 Å². The van der Waals surface area contributed by atoms with Gasteiger partial charge in [-0.1, -0.05) is 13.8 Å². The fraction of sp³-hybridized carbons (Fsp3) is 0.867. The van der Waals surface area contributed by atoms with E-state index in [0.717, 1.165) is 25.0 Å². The van der Waals surface area contributed by atoms with Crippen LogP contribution in [0.4, 0.5) is 4.79 Å². The number of aliphatic carboxylic acids is 1. The molecule has 0 aromatic carbocycles. The van der Waals surface area contributed by atoms with Gasteiger partial charge in [0, 0.05) is 12.6 Å². The molecule has 0 aromatic rings. The van der Waals surface area contributed by atoms with Crippen LogP contribution in [0, 0.1) is 11.8 Å². The van der Waals surface area contributed by atoms with Gasteiger partial charge in [-0.15, -0.1) is 0 Å². The molecule has 5 nitrogen and oxygen atoms in total. The Morgan fingerprint density at radius 3 is 2.48 bits per heavy atom. The fourth-order valence-corrected chi connectivity index (χ4v) is 3.40. The summed E-state index contributed by atoms with van der Waals surface area (Å²) in [6.07, 6.45) is 3.82. The quantitative estimate of drug-likeness (QED) is 0.602. The number of hydrogen-bond acceptors (Lipinski definition) is 3. The minimum absolute atomic E-state index is 0.121. The first-order valence-corrected chi connectivity index (χ1v) is 8.99. The highest BCUT2D eigenvalue weighted by Gasteiger charge is 2.26. The summed E-state index contributed by atoms with van der Waals surface area (Å²) in [7, 11) is 0. The van der Waals surface area contributed by atoms with Crippen molar-refractivity contribution in [2.24, 2.45) is 11.8 Å². The molecule has 0 heterocycles. The van der Waals surface area contributed by atoms with E-state index < -0.39 is 5.97 Å². The van der Waals surface area contributed by atoms with E-state index in [1.807, 2.05) is 11.8 Å². The Labute approximate surface area is 131 Å². The first-order valence-electron chi connectivity index (χ1n) is 7.84. The van der Waals surface area contributed by atoms with Crippen molar-refractivity contribution in [3.8, 4) is 0 Å². The number of hydrogen-bond donors (Lipinski definition) is 3. The number of urea groups is 1.